The molecule has 0 aromatic heterocycles. The minimum absolute atomic E-state index is 0.159. The van der Waals surface area contributed by atoms with E-state index in [1.54, 1.807) is 6.07 Å². The molecule has 0 radical (unpaired) electrons. The molecule has 0 saturated carbocycles. The van der Waals surface area contributed by atoms with Crippen LogP contribution in [0.1, 0.15) is 37.5 Å². The highest BCUT2D eigenvalue weighted by Gasteiger charge is 2.47. The first-order valence-corrected chi connectivity index (χ1v) is 13.4. The zero-order valence-electron chi connectivity index (χ0n) is 23.1. The fourth-order valence-corrected chi connectivity index (χ4v) is 6.64. The van der Waals surface area contributed by atoms with Gasteiger partial charge in [-0.05, 0) is 59.5 Å². The first-order chi connectivity index (χ1) is 18.6. The predicted octanol–water partition coefficient (Wildman–Crippen LogP) is 8.21. The van der Waals surface area contributed by atoms with Crippen LogP contribution in [0.4, 0.5) is 20.2 Å². The first-order valence-electron chi connectivity index (χ1n) is 13.4. The summed E-state index contributed by atoms with van der Waals surface area (Å²) in [6.45, 7) is 6.70. The van der Waals surface area contributed by atoms with Crippen molar-refractivity contribution in [3.05, 3.63) is 131 Å². The van der Waals surface area contributed by atoms with Gasteiger partial charge < -0.3 is 4.90 Å². The normalized spacial score (nSPS) is 20.9. The molecule has 0 N–H and O–H groups in total. The summed E-state index contributed by atoms with van der Waals surface area (Å²) in [5, 5.41) is 2.49. The van der Waals surface area contributed by atoms with E-state index >= 15 is 0 Å². The van der Waals surface area contributed by atoms with Crippen LogP contribution in [0, 0.1) is 11.6 Å². The SMILES string of the molecule is CN1/C(=C/C=C/C2=[N+](C)c3ccccc3C2(C)Cc2ccc(F)cc2F)C(C)(C)c2cc3ccccc3cc21. The van der Waals surface area contributed by atoms with Crippen molar-refractivity contribution in [2.24, 2.45) is 0 Å². The number of para-hydroxylation sites is 1. The lowest BCUT2D eigenvalue weighted by atomic mass is 9.74. The third-order valence-corrected chi connectivity index (χ3v) is 8.75. The van der Waals surface area contributed by atoms with E-state index in [0.717, 1.165) is 23.0 Å². The summed E-state index contributed by atoms with van der Waals surface area (Å²) in [6.07, 6.45) is 6.90. The molecule has 0 saturated heterocycles. The Morgan fingerprint density at radius 3 is 2.28 bits per heavy atom. The molecular weight excluding hydrogens is 486 g/mol. The summed E-state index contributed by atoms with van der Waals surface area (Å²) >= 11 is 0. The molecule has 1 unspecified atom stereocenters. The topological polar surface area (TPSA) is 6.25 Å². The molecule has 4 aromatic rings. The largest absolute Gasteiger partial charge is 0.347 e. The van der Waals surface area contributed by atoms with E-state index < -0.39 is 17.0 Å². The summed E-state index contributed by atoms with van der Waals surface area (Å²) in [7, 11) is 4.19. The van der Waals surface area contributed by atoms with Crippen LogP contribution in [-0.2, 0) is 17.3 Å². The quantitative estimate of drug-likeness (QED) is 0.246. The van der Waals surface area contributed by atoms with E-state index in [0.29, 0.717) is 12.0 Å². The molecule has 39 heavy (non-hydrogen) atoms. The van der Waals surface area contributed by atoms with Crippen molar-refractivity contribution in [1.29, 1.82) is 0 Å². The third kappa shape index (κ3) is 3.93. The standard InChI is InChI=1S/C35H33F2N2/c1-34(2)28-19-23-11-6-7-12-24(23)20-31(28)39(5)32(34)15-10-16-33-35(3,22-25-17-18-26(36)21-29(25)37)27-13-8-9-14-30(27)38(33)4/h6-21H,22H2,1-5H3/q+1. The molecule has 0 aliphatic carbocycles. The summed E-state index contributed by atoms with van der Waals surface area (Å²) < 4.78 is 30.6. The Balaban J connectivity index is 1.40. The molecule has 1 atom stereocenters. The van der Waals surface area contributed by atoms with Crippen molar-refractivity contribution in [2.75, 3.05) is 19.0 Å². The highest BCUT2D eigenvalue weighted by Crippen LogP contribution is 2.48. The number of hydrogen-bond acceptors (Lipinski definition) is 1. The number of likely N-dealkylation sites (N-methyl/N-ethyl adjacent to an activating group) is 1. The maximum atomic E-state index is 14.8. The number of anilines is 1. The van der Waals surface area contributed by atoms with Gasteiger partial charge >= 0.3 is 0 Å². The Bertz CT molecular complexity index is 1730. The maximum absolute atomic E-state index is 14.8. The summed E-state index contributed by atoms with van der Waals surface area (Å²) in [6, 6.07) is 25.2. The smallest absolute Gasteiger partial charge is 0.209 e. The van der Waals surface area contributed by atoms with Gasteiger partial charge in [-0.15, -0.1) is 0 Å². The van der Waals surface area contributed by atoms with E-state index in [9.17, 15) is 8.78 Å². The molecule has 4 heteroatoms. The number of allylic oxidation sites excluding steroid dienone is 4. The van der Waals surface area contributed by atoms with Gasteiger partial charge in [-0.25, -0.2) is 8.78 Å². The first kappa shape index (κ1) is 25.2. The Morgan fingerprint density at radius 1 is 0.846 bits per heavy atom. The van der Waals surface area contributed by atoms with E-state index in [4.69, 9.17) is 0 Å². The molecular formula is C35H33F2N2+. The van der Waals surface area contributed by atoms with Gasteiger partial charge in [0.1, 0.15) is 18.7 Å². The fourth-order valence-electron chi connectivity index (χ4n) is 6.64. The molecule has 4 aromatic carbocycles. The molecule has 2 aliphatic rings. The van der Waals surface area contributed by atoms with Crippen LogP contribution in [0.3, 0.4) is 0 Å². The summed E-state index contributed by atoms with van der Waals surface area (Å²) in [5.41, 5.74) is 6.96. The zero-order chi connectivity index (χ0) is 27.5. The molecule has 0 bridgehead atoms. The molecule has 2 heterocycles. The maximum Gasteiger partial charge on any atom is 0.209 e. The predicted molar refractivity (Wildman–Crippen MR) is 157 cm³/mol. The van der Waals surface area contributed by atoms with E-state index in [1.165, 1.54) is 33.8 Å². The van der Waals surface area contributed by atoms with Crippen molar-refractivity contribution in [3.63, 3.8) is 0 Å². The summed E-state index contributed by atoms with van der Waals surface area (Å²) in [5.74, 6) is -1.06. The van der Waals surface area contributed by atoms with Crippen LogP contribution in [0.15, 0.2) is 103 Å². The minimum Gasteiger partial charge on any atom is -0.347 e. The Labute approximate surface area is 229 Å². The Kier molecular flexibility index (Phi) is 5.83. The van der Waals surface area contributed by atoms with Gasteiger partial charge in [-0.1, -0.05) is 68.5 Å². The lowest BCUT2D eigenvalue weighted by Gasteiger charge is -2.24. The van der Waals surface area contributed by atoms with Crippen molar-refractivity contribution >= 4 is 27.9 Å². The Morgan fingerprint density at radius 2 is 1.54 bits per heavy atom. The van der Waals surface area contributed by atoms with Gasteiger partial charge in [0.25, 0.3) is 0 Å². The van der Waals surface area contributed by atoms with E-state index in [-0.39, 0.29) is 5.41 Å². The second-order valence-corrected chi connectivity index (χ2v) is 11.5. The monoisotopic (exact) mass is 519 g/mol. The van der Waals surface area contributed by atoms with Gasteiger partial charge in [0, 0.05) is 47.6 Å². The average Bonchev–Trinajstić information content (AvgIpc) is 3.24. The highest BCUT2D eigenvalue weighted by molar-refractivity contribution is 6.03. The second kappa shape index (κ2) is 9.01. The fraction of sp³-hybridized carbons (Fsp3) is 0.229. The third-order valence-electron chi connectivity index (χ3n) is 8.75. The van der Waals surface area contributed by atoms with Gasteiger partial charge in [0.15, 0.2) is 5.71 Å². The van der Waals surface area contributed by atoms with Crippen LogP contribution < -0.4 is 4.90 Å². The summed E-state index contributed by atoms with van der Waals surface area (Å²) in [4.78, 5) is 2.29. The van der Waals surface area contributed by atoms with Crippen LogP contribution in [0.2, 0.25) is 0 Å². The lowest BCUT2D eigenvalue weighted by Crippen LogP contribution is -2.33. The number of benzene rings is 4. The van der Waals surface area contributed by atoms with Crippen molar-refractivity contribution in [2.45, 2.75) is 38.0 Å². The van der Waals surface area contributed by atoms with Gasteiger partial charge in [0.05, 0.1) is 5.41 Å². The van der Waals surface area contributed by atoms with Gasteiger partial charge in [-0.2, -0.15) is 4.58 Å². The van der Waals surface area contributed by atoms with Crippen molar-refractivity contribution in [1.82, 2.24) is 0 Å². The van der Waals surface area contributed by atoms with Crippen molar-refractivity contribution in [3.8, 4) is 0 Å². The molecule has 6 rings (SSSR count). The molecule has 0 spiro atoms. The molecule has 2 nitrogen and oxygen atoms in total. The average molecular weight is 520 g/mol. The lowest BCUT2D eigenvalue weighted by molar-refractivity contribution is -0.401. The number of hydrogen-bond donors (Lipinski definition) is 0. The van der Waals surface area contributed by atoms with Crippen LogP contribution >= 0.6 is 0 Å². The molecule has 0 amide bonds. The number of rotatable bonds is 4. The van der Waals surface area contributed by atoms with Crippen molar-refractivity contribution < 1.29 is 13.4 Å². The van der Waals surface area contributed by atoms with E-state index in [1.807, 2.05) is 12.1 Å². The number of nitrogens with zero attached hydrogens (tertiary/aromatic N) is 2. The zero-order valence-corrected chi connectivity index (χ0v) is 23.1. The Hall–Kier alpha value is -4.05. The number of fused-ring (bicyclic) bond motifs is 3. The minimum atomic E-state index is -0.557. The van der Waals surface area contributed by atoms with Crippen LogP contribution in [-0.4, -0.2) is 24.4 Å². The van der Waals surface area contributed by atoms with Gasteiger partial charge in [0.2, 0.25) is 5.69 Å². The van der Waals surface area contributed by atoms with E-state index in [2.05, 4.69) is 111 Å². The van der Waals surface area contributed by atoms with Gasteiger partial charge in [-0.3, -0.25) is 0 Å². The van der Waals surface area contributed by atoms with Crippen LogP contribution in [0.5, 0.6) is 0 Å². The second-order valence-electron chi connectivity index (χ2n) is 11.5. The highest BCUT2D eigenvalue weighted by atomic mass is 19.1. The molecule has 2 aliphatic heterocycles. The number of halogens is 2. The molecule has 0 fully saturated rings. The van der Waals surface area contributed by atoms with Crippen LogP contribution in [0.25, 0.3) is 10.8 Å². The molecule has 196 valence electrons.